The Balaban J connectivity index is 2.89. The lowest BCUT2D eigenvalue weighted by Gasteiger charge is -2.43. The summed E-state index contributed by atoms with van der Waals surface area (Å²) in [5.41, 5.74) is -0.147. The summed E-state index contributed by atoms with van der Waals surface area (Å²) in [6, 6.07) is 3.53. The molecule has 0 aliphatic heterocycles. The van der Waals surface area contributed by atoms with Gasteiger partial charge in [0.15, 0.2) is 14.1 Å². The molecule has 2 nitrogen and oxygen atoms in total. The topological polar surface area (TPSA) is 26.3 Å². The molecule has 0 saturated carbocycles. The SMILES string of the molecule is CC[Si](CC)(CC)OC(C)(C)[C@@H]1C=C(I)C(=O)CC1. The third-order valence-electron chi connectivity index (χ3n) is 4.60. The molecule has 4 heteroatoms. The first kappa shape index (κ1) is 17.4. The molecular weight excluding hydrogens is 367 g/mol. The van der Waals surface area contributed by atoms with Crippen LogP contribution in [0.15, 0.2) is 9.66 Å². The van der Waals surface area contributed by atoms with Crippen LogP contribution in [0.25, 0.3) is 0 Å². The first-order chi connectivity index (χ1) is 8.80. The van der Waals surface area contributed by atoms with E-state index in [0.29, 0.717) is 12.3 Å². The van der Waals surface area contributed by atoms with Gasteiger partial charge in [0.25, 0.3) is 0 Å². The van der Waals surface area contributed by atoms with Gasteiger partial charge in [-0.3, -0.25) is 4.79 Å². The van der Waals surface area contributed by atoms with Crippen molar-refractivity contribution in [3.8, 4) is 0 Å². The average molecular weight is 394 g/mol. The van der Waals surface area contributed by atoms with Crippen LogP contribution >= 0.6 is 22.6 Å². The van der Waals surface area contributed by atoms with Crippen LogP contribution in [0.1, 0.15) is 47.5 Å². The van der Waals surface area contributed by atoms with Crippen molar-refractivity contribution in [1.82, 2.24) is 0 Å². The van der Waals surface area contributed by atoms with Crippen molar-refractivity contribution in [2.75, 3.05) is 0 Å². The number of carbonyl (C=O) groups excluding carboxylic acids is 1. The fraction of sp³-hybridized carbons (Fsp3) is 0.800. The Morgan fingerprint density at radius 1 is 1.32 bits per heavy atom. The van der Waals surface area contributed by atoms with Crippen molar-refractivity contribution in [1.29, 1.82) is 0 Å². The predicted octanol–water partition coefficient (Wildman–Crippen LogP) is 5.08. The third kappa shape index (κ3) is 4.14. The van der Waals surface area contributed by atoms with Crippen molar-refractivity contribution < 1.29 is 9.22 Å². The molecule has 0 amide bonds. The lowest BCUT2D eigenvalue weighted by Crippen LogP contribution is -2.48. The molecule has 1 aliphatic rings. The summed E-state index contributed by atoms with van der Waals surface area (Å²) in [6.07, 6.45) is 3.73. The summed E-state index contributed by atoms with van der Waals surface area (Å²) >= 11 is 2.17. The molecule has 0 aromatic heterocycles. The minimum atomic E-state index is -1.59. The zero-order chi connectivity index (χ0) is 14.7. The maximum atomic E-state index is 11.6. The molecule has 0 aromatic rings. The molecule has 0 bridgehead atoms. The lowest BCUT2D eigenvalue weighted by atomic mass is 9.83. The Bertz CT molecular complexity index is 351. The number of carbonyl (C=O) groups is 1. The minimum absolute atomic E-state index is 0.147. The lowest BCUT2D eigenvalue weighted by molar-refractivity contribution is -0.115. The van der Waals surface area contributed by atoms with Gasteiger partial charge in [-0.25, -0.2) is 0 Å². The highest BCUT2D eigenvalue weighted by atomic mass is 127. The second-order valence-electron chi connectivity index (χ2n) is 6.03. The van der Waals surface area contributed by atoms with Gasteiger partial charge in [-0.05, 0) is 61.0 Å². The molecule has 0 spiro atoms. The van der Waals surface area contributed by atoms with E-state index in [1.54, 1.807) is 0 Å². The molecule has 0 fully saturated rings. The number of hydrogen-bond acceptors (Lipinski definition) is 2. The van der Waals surface area contributed by atoms with Gasteiger partial charge in [0.05, 0.1) is 9.18 Å². The van der Waals surface area contributed by atoms with Crippen molar-refractivity contribution in [3.05, 3.63) is 9.66 Å². The zero-order valence-corrected chi connectivity index (χ0v) is 16.0. The maximum Gasteiger partial charge on any atom is 0.192 e. The smallest absolute Gasteiger partial charge is 0.192 e. The quantitative estimate of drug-likeness (QED) is 0.464. The van der Waals surface area contributed by atoms with E-state index >= 15 is 0 Å². The molecule has 110 valence electrons. The molecule has 1 aliphatic carbocycles. The van der Waals surface area contributed by atoms with E-state index in [1.807, 2.05) is 0 Å². The molecule has 0 aromatic carbocycles. The summed E-state index contributed by atoms with van der Waals surface area (Å²) in [4.78, 5) is 11.6. The van der Waals surface area contributed by atoms with E-state index in [9.17, 15) is 4.79 Å². The highest BCUT2D eigenvalue weighted by Gasteiger charge is 2.40. The maximum absolute atomic E-state index is 11.6. The van der Waals surface area contributed by atoms with E-state index in [0.717, 1.165) is 10.0 Å². The van der Waals surface area contributed by atoms with Crippen LogP contribution in [-0.2, 0) is 9.22 Å². The summed E-state index contributed by atoms with van der Waals surface area (Å²) in [5.74, 6) is 0.659. The number of allylic oxidation sites excluding steroid dienone is 1. The van der Waals surface area contributed by atoms with Crippen LogP contribution in [0.3, 0.4) is 0 Å². The van der Waals surface area contributed by atoms with Gasteiger partial charge in [0, 0.05) is 12.3 Å². The second kappa shape index (κ2) is 6.85. The Labute approximate surface area is 132 Å². The van der Waals surface area contributed by atoms with Crippen LogP contribution in [-0.4, -0.2) is 19.7 Å². The first-order valence-corrected chi connectivity index (χ1v) is 11.0. The van der Waals surface area contributed by atoms with Gasteiger partial charge in [-0.1, -0.05) is 26.8 Å². The van der Waals surface area contributed by atoms with Crippen molar-refractivity contribution in [3.63, 3.8) is 0 Å². The van der Waals surface area contributed by atoms with Gasteiger partial charge in [-0.2, -0.15) is 0 Å². The van der Waals surface area contributed by atoms with Crippen LogP contribution in [0.5, 0.6) is 0 Å². The Morgan fingerprint density at radius 2 is 1.84 bits per heavy atom. The highest BCUT2D eigenvalue weighted by molar-refractivity contribution is 14.1. The van der Waals surface area contributed by atoms with E-state index in [1.165, 1.54) is 18.1 Å². The molecular formula is C15H27IO2Si. The van der Waals surface area contributed by atoms with Crippen molar-refractivity contribution in [2.45, 2.75) is 71.2 Å². The predicted molar refractivity (Wildman–Crippen MR) is 92.2 cm³/mol. The van der Waals surface area contributed by atoms with E-state index in [-0.39, 0.29) is 11.4 Å². The summed E-state index contributed by atoms with van der Waals surface area (Å²) in [5, 5.41) is 0. The van der Waals surface area contributed by atoms with Crippen molar-refractivity contribution in [2.24, 2.45) is 5.92 Å². The Hall–Kier alpha value is 0.317. The second-order valence-corrected chi connectivity index (χ2v) is 11.9. The average Bonchev–Trinajstić information content (AvgIpc) is 2.39. The zero-order valence-electron chi connectivity index (χ0n) is 12.9. The van der Waals surface area contributed by atoms with Gasteiger partial charge in [0.2, 0.25) is 0 Å². The van der Waals surface area contributed by atoms with Crippen molar-refractivity contribution >= 4 is 36.7 Å². The largest absolute Gasteiger partial charge is 0.411 e. The molecule has 1 atom stereocenters. The molecule has 0 radical (unpaired) electrons. The number of Topliss-reactive ketones (excluding diaryl/α,β-unsaturated/α-hetero) is 1. The number of rotatable bonds is 6. The first-order valence-electron chi connectivity index (χ1n) is 7.41. The molecule has 19 heavy (non-hydrogen) atoms. The fourth-order valence-electron chi connectivity index (χ4n) is 2.91. The summed E-state index contributed by atoms with van der Waals surface area (Å²) in [7, 11) is -1.59. The van der Waals surface area contributed by atoms with Crippen LogP contribution in [0, 0.1) is 5.92 Å². The Morgan fingerprint density at radius 3 is 2.26 bits per heavy atom. The summed E-state index contributed by atoms with van der Waals surface area (Å²) in [6.45, 7) is 11.2. The molecule has 0 heterocycles. The standard InChI is InChI=1S/C15H27IO2Si/c1-6-19(7-2,8-3)18-15(4,5)12-9-10-14(17)13(16)11-12/h11-12H,6-10H2,1-5H3/t12-/m0/s1. The summed E-state index contributed by atoms with van der Waals surface area (Å²) < 4.78 is 7.57. The molecule has 0 N–H and O–H groups in total. The fourth-order valence-corrected chi connectivity index (χ4v) is 6.81. The van der Waals surface area contributed by atoms with Gasteiger partial charge < -0.3 is 4.43 Å². The monoisotopic (exact) mass is 394 g/mol. The molecule has 0 unspecified atom stereocenters. The molecule has 1 rings (SSSR count). The number of hydrogen-bond donors (Lipinski definition) is 0. The normalized spacial score (nSPS) is 21.5. The van der Waals surface area contributed by atoms with Crippen LogP contribution < -0.4 is 0 Å². The van der Waals surface area contributed by atoms with Gasteiger partial charge in [-0.15, -0.1) is 0 Å². The number of halogens is 1. The van der Waals surface area contributed by atoms with Gasteiger partial charge >= 0.3 is 0 Å². The Kier molecular flexibility index (Phi) is 6.26. The number of ketones is 1. The minimum Gasteiger partial charge on any atom is -0.411 e. The van der Waals surface area contributed by atoms with Crippen LogP contribution in [0.2, 0.25) is 18.1 Å². The van der Waals surface area contributed by atoms with Gasteiger partial charge in [0.1, 0.15) is 0 Å². The van der Waals surface area contributed by atoms with E-state index < -0.39 is 8.32 Å². The third-order valence-corrected chi connectivity index (χ3v) is 10.4. The van der Waals surface area contributed by atoms with E-state index in [2.05, 4.69) is 63.3 Å². The molecule has 0 saturated heterocycles. The highest BCUT2D eigenvalue weighted by Crippen LogP contribution is 2.38. The van der Waals surface area contributed by atoms with E-state index in [4.69, 9.17) is 4.43 Å². The van der Waals surface area contributed by atoms with Crippen LogP contribution in [0.4, 0.5) is 0 Å².